The summed E-state index contributed by atoms with van der Waals surface area (Å²) in [5, 5.41) is 2.72. The van der Waals surface area contributed by atoms with E-state index < -0.39 is 6.04 Å². The van der Waals surface area contributed by atoms with E-state index in [-0.39, 0.29) is 18.2 Å². The van der Waals surface area contributed by atoms with Crippen LogP contribution in [0.1, 0.15) is 6.42 Å². The zero-order valence-corrected chi connectivity index (χ0v) is 9.87. The van der Waals surface area contributed by atoms with Gasteiger partial charge in [0.15, 0.2) is 0 Å². The average molecular weight is 284 g/mol. The van der Waals surface area contributed by atoms with Crippen LogP contribution < -0.4 is 16.2 Å². The van der Waals surface area contributed by atoms with Gasteiger partial charge >= 0.3 is 0 Å². The molecule has 0 bridgehead atoms. The summed E-state index contributed by atoms with van der Waals surface area (Å²) < 4.78 is 0.946. The minimum absolute atomic E-state index is 0.169. The summed E-state index contributed by atoms with van der Waals surface area (Å²) in [7, 11) is 0. The Bertz CT molecular complexity index is 419. The fourth-order valence-electron chi connectivity index (χ4n) is 1.38. The Morgan fingerprint density at radius 2 is 2.06 bits per heavy atom. The van der Waals surface area contributed by atoms with Gasteiger partial charge in [-0.25, -0.2) is 5.43 Å². The number of nitrogens with one attached hydrogen (secondary N) is 3. The third kappa shape index (κ3) is 2.59. The van der Waals surface area contributed by atoms with Crippen molar-refractivity contribution in [1.82, 2.24) is 10.9 Å². The number of carbonyl (C=O) groups is 2. The smallest absolute Gasteiger partial charge is 0.243 e. The van der Waals surface area contributed by atoms with Gasteiger partial charge in [0, 0.05) is 10.2 Å². The molecule has 1 aliphatic rings. The Balaban J connectivity index is 1.97. The second kappa shape index (κ2) is 4.63. The zero-order valence-electron chi connectivity index (χ0n) is 8.29. The van der Waals surface area contributed by atoms with Gasteiger partial charge in [0.1, 0.15) is 6.04 Å². The Labute approximate surface area is 101 Å². The highest BCUT2D eigenvalue weighted by atomic mass is 79.9. The van der Waals surface area contributed by atoms with Crippen molar-refractivity contribution in [3.63, 3.8) is 0 Å². The van der Waals surface area contributed by atoms with Crippen LogP contribution in [0.3, 0.4) is 0 Å². The summed E-state index contributed by atoms with van der Waals surface area (Å²) in [5.74, 6) is -0.392. The number of hydrazine groups is 1. The summed E-state index contributed by atoms with van der Waals surface area (Å²) in [6, 6.07) is 6.73. The second-order valence-corrected chi connectivity index (χ2v) is 4.36. The summed E-state index contributed by atoms with van der Waals surface area (Å²) >= 11 is 3.31. The molecule has 0 radical (unpaired) electrons. The second-order valence-electron chi connectivity index (χ2n) is 3.45. The topological polar surface area (TPSA) is 70.2 Å². The van der Waals surface area contributed by atoms with Gasteiger partial charge in [-0.05, 0) is 24.3 Å². The molecule has 2 rings (SSSR count). The lowest BCUT2D eigenvalue weighted by Crippen LogP contribution is -2.39. The van der Waals surface area contributed by atoms with Crippen LogP contribution >= 0.6 is 15.9 Å². The number of rotatable bonds is 2. The first kappa shape index (κ1) is 11.1. The molecule has 1 aromatic rings. The Morgan fingerprint density at radius 1 is 1.38 bits per heavy atom. The SMILES string of the molecule is O=C1CC(C(=O)Nc2ccc(Br)cc2)NN1. The highest BCUT2D eigenvalue weighted by Crippen LogP contribution is 2.14. The molecule has 0 aromatic heterocycles. The van der Waals surface area contributed by atoms with Gasteiger partial charge in [0.05, 0.1) is 6.42 Å². The van der Waals surface area contributed by atoms with Crippen LogP contribution in [0.4, 0.5) is 5.69 Å². The Hall–Kier alpha value is -1.40. The molecule has 0 spiro atoms. The lowest BCUT2D eigenvalue weighted by molar-refractivity contribution is -0.121. The number of carbonyl (C=O) groups excluding carboxylic acids is 2. The molecule has 1 atom stereocenters. The number of amides is 2. The Morgan fingerprint density at radius 3 is 2.62 bits per heavy atom. The van der Waals surface area contributed by atoms with Crippen LogP contribution in [0.25, 0.3) is 0 Å². The van der Waals surface area contributed by atoms with Crippen molar-refractivity contribution >= 4 is 33.4 Å². The molecule has 1 heterocycles. The van der Waals surface area contributed by atoms with Gasteiger partial charge < -0.3 is 5.32 Å². The van der Waals surface area contributed by atoms with Crippen molar-refractivity contribution < 1.29 is 9.59 Å². The van der Waals surface area contributed by atoms with E-state index in [1.165, 1.54) is 0 Å². The fourth-order valence-corrected chi connectivity index (χ4v) is 1.64. The molecule has 6 heteroatoms. The lowest BCUT2D eigenvalue weighted by atomic mass is 10.2. The highest BCUT2D eigenvalue weighted by molar-refractivity contribution is 9.10. The van der Waals surface area contributed by atoms with Crippen molar-refractivity contribution in [3.05, 3.63) is 28.7 Å². The van der Waals surface area contributed by atoms with Crippen molar-refractivity contribution in [2.45, 2.75) is 12.5 Å². The molecule has 1 aliphatic heterocycles. The van der Waals surface area contributed by atoms with Gasteiger partial charge in [-0.3, -0.25) is 15.0 Å². The van der Waals surface area contributed by atoms with Crippen LogP contribution in [0.15, 0.2) is 28.7 Å². The molecule has 0 saturated carbocycles. The standard InChI is InChI=1S/C10H10BrN3O2/c11-6-1-3-7(4-2-6)12-10(16)8-5-9(15)14-13-8/h1-4,8,13H,5H2,(H,12,16)(H,14,15). The molecule has 0 aliphatic carbocycles. The van der Waals surface area contributed by atoms with Crippen molar-refractivity contribution in [3.8, 4) is 0 Å². The minimum Gasteiger partial charge on any atom is -0.325 e. The molecule has 2 amide bonds. The molecule has 1 saturated heterocycles. The first-order valence-corrected chi connectivity index (χ1v) is 5.55. The van der Waals surface area contributed by atoms with E-state index in [2.05, 4.69) is 32.1 Å². The highest BCUT2D eigenvalue weighted by Gasteiger charge is 2.27. The molecule has 1 aromatic carbocycles. The van der Waals surface area contributed by atoms with E-state index in [4.69, 9.17) is 0 Å². The van der Waals surface area contributed by atoms with Crippen molar-refractivity contribution in [2.75, 3.05) is 5.32 Å². The van der Waals surface area contributed by atoms with Gasteiger partial charge in [-0.15, -0.1) is 0 Å². The number of hydrogen-bond donors (Lipinski definition) is 3. The molecule has 5 nitrogen and oxygen atoms in total. The number of halogens is 1. The number of anilines is 1. The quantitative estimate of drug-likeness (QED) is 0.751. The lowest BCUT2D eigenvalue weighted by Gasteiger charge is -2.09. The van der Waals surface area contributed by atoms with Crippen LogP contribution in [0.2, 0.25) is 0 Å². The molecule has 1 fully saturated rings. The van der Waals surface area contributed by atoms with Gasteiger partial charge in [0.2, 0.25) is 11.8 Å². The maximum atomic E-state index is 11.7. The van der Waals surface area contributed by atoms with Crippen LogP contribution in [0.5, 0.6) is 0 Å². The zero-order chi connectivity index (χ0) is 11.5. The van der Waals surface area contributed by atoms with Crippen molar-refractivity contribution in [1.29, 1.82) is 0 Å². The third-order valence-corrected chi connectivity index (χ3v) is 2.73. The first-order valence-electron chi connectivity index (χ1n) is 4.76. The van der Waals surface area contributed by atoms with Crippen LogP contribution in [0, 0.1) is 0 Å². The number of hydrogen-bond acceptors (Lipinski definition) is 3. The van der Waals surface area contributed by atoms with Crippen LogP contribution in [-0.4, -0.2) is 17.9 Å². The molecular weight excluding hydrogens is 274 g/mol. The van der Waals surface area contributed by atoms with Gasteiger partial charge in [0.25, 0.3) is 0 Å². The fraction of sp³-hybridized carbons (Fsp3) is 0.200. The van der Waals surface area contributed by atoms with Gasteiger partial charge in [-0.2, -0.15) is 0 Å². The van der Waals surface area contributed by atoms with E-state index in [0.29, 0.717) is 5.69 Å². The summed E-state index contributed by atoms with van der Waals surface area (Å²) in [5.41, 5.74) is 5.71. The average Bonchev–Trinajstić information content (AvgIpc) is 2.68. The maximum absolute atomic E-state index is 11.7. The summed E-state index contributed by atoms with van der Waals surface area (Å²) in [4.78, 5) is 22.6. The van der Waals surface area contributed by atoms with Crippen LogP contribution in [-0.2, 0) is 9.59 Å². The molecular formula is C10H10BrN3O2. The number of benzene rings is 1. The monoisotopic (exact) mass is 283 g/mol. The van der Waals surface area contributed by atoms with E-state index in [1.54, 1.807) is 12.1 Å². The normalized spacial score (nSPS) is 19.3. The predicted molar refractivity (Wildman–Crippen MR) is 62.5 cm³/mol. The van der Waals surface area contributed by atoms with E-state index in [1.807, 2.05) is 12.1 Å². The molecule has 1 unspecified atom stereocenters. The Kier molecular flexibility index (Phi) is 3.21. The molecule has 3 N–H and O–H groups in total. The predicted octanol–water partition coefficient (Wildman–Crippen LogP) is 0.781. The summed E-state index contributed by atoms with van der Waals surface area (Å²) in [6.45, 7) is 0. The summed E-state index contributed by atoms with van der Waals surface area (Å²) in [6.07, 6.45) is 0.169. The maximum Gasteiger partial charge on any atom is 0.243 e. The van der Waals surface area contributed by atoms with E-state index in [0.717, 1.165) is 4.47 Å². The molecule has 16 heavy (non-hydrogen) atoms. The minimum atomic E-state index is -0.504. The van der Waals surface area contributed by atoms with Gasteiger partial charge in [-0.1, -0.05) is 15.9 Å². The van der Waals surface area contributed by atoms with E-state index >= 15 is 0 Å². The third-order valence-electron chi connectivity index (χ3n) is 2.20. The molecule has 84 valence electrons. The first-order chi connectivity index (χ1) is 7.65. The van der Waals surface area contributed by atoms with Crippen molar-refractivity contribution in [2.24, 2.45) is 0 Å². The largest absolute Gasteiger partial charge is 0.325 e. The van der Waals surface area contributed by atoms with E-state index in [9.17, 15) is 9.59 Å².